The monoisotopic (exact) mass is 222 g/mol. The molecule has 1 nitrogen and oxygen atoms in total. The number of hydrogen-bond donors (Lipinski definition) is 0. The summed E-state index contributed by atoms with van der Waals surface area (Å²) in [5.41, 5.74) is 5.87. The van der Waals surface area contributed by atoms with Gasteiger partial charge in [-0.25, -0.2) is 0 Å². The van der Waals surface area contributed by atoms with Crippen molar-refractivity contribution in [1.29, 1.82) is 0 Å². The fraction of sp³-hybridized carbons (Fsp3) is 0.250. The van der Waals surface area contributed by atoms with Gasteiger partial charge in [0.15, 0.2) is 0 Å². The minimum Gasteiger partial charge on any atom is -0.488 e. The minimum atomic E-state index is 0.595. The second-order valence-electron chi connectivity index (χ2n) is 4.95. The van der Waals surface area contributed by atoms with Crippen molar-refractivity contribution in [3.05, 3.63) is 64.7 Å². The Balaban J connectivity index is 1.78. The van der Waals surface area contributed by atoms with Crippen molar-refractivity contribution in [2.45, 2.75) is 25.4 Å². The van der Waals surface area contributed by atoms with Crippen molar-refractivity contribution in [3.8, 4) is 5.75 Å². The number of aryl methyl sites for hydroxylation is 1. The summed E-state index contributed by atoms with van der Waals surface area (Å²) in [7, 11) is 0. The molecule has 1 heteroatoms. The van der Waals surface area contributed by atoms with Crippen LogP contribution >= 0.6 is 0 Å². The van der Waals surface area contributed by atoms with Crippen LogP contribution in [0.4, 0.5) is 0 Å². The van der Waals surface area contributed by atoms with Crippen LogP contribution in [0.25, 0.3) is 0 Å². The molecule has 1 atom stereocenters. The molecule has 1 unspecified atom stereocenters. The first-order chi connectivity index (χ1) is 8.42. The van der Waals surface area contributed by atoms with E-state index in [1.165, 1.54) is 35.1 Å². The third-order valence-corrected chi connectivity index (χ3v) is 4.00. The van der Waals surface area contributed by atoms with Gasteiger partial charge in [-0.1, -0.05) is 30.3 Å². The van der Waals surface area contributed by atoms with Crippen LogP contribution < -0.4 is 4.74 Å². The lowest BCUT2D eigenvalue weighted by atomic mass is 9.91. The largest absolute Gasteiger partial charge is 0.488 e. The van der Waals surface area contributed by atoms with Gasteiger partial charge in [-0.2, -0.15) is 0 Å². The van der Waals surface area contributed by atoms with Crippen molar-refractivity contribution in [3.63, 3.8) is 0 Å². The molecule has 2 aromatic carbocycles. The first-order valence-electron chi connectivity index (χ1n) is 6.25. The topological polar surface area (TPSA) is 9.23 Å². The molecule has 0 fully saturated rings. The average Bonchev–Trinajstić information content (AvgIpc) is 2.75. The summed E-state index contributed by atoms with van der Waals surface area (Å²) < 4.78 is 5.36. The summed E-state index contributed by atoms with van der Waals surface area (Å²) in [5, 5.41) is 0. The molecular formula is C16H14O. The van der Waals surface area contributed by atoms with Crippen LogP contribution in [0.5, 0.6) is 5.75 Å². The fourth-order valence-electron chi connectivity index (χ4n) is 3.05. The summed E-state index contributed by atoms with van der Waals surface area (Å²) in [4.78, 5) is 0. The lowest BCUT2D eigenvalue weighted by molar-refractivity contribution is 0.243. The van der Waals surface area contributed by atoms with Crippen LogP contribution in [0.15, 0.2) is 42.5 Å². The van der Waals surface area contributed by atoms with Gasteiger partial charge in [-0.15, -0.1) is 0 Å². The third kappa shape index (κ3) is 1.32. The zero-order chi connectivity index (χ0) is 11.2. The first-order valence-corrected chi connectivity index (χ1v) is 6.25. The molecule has 84 valence electrons. The van der Waals surface area contributed by atoms with Crippen LogP contribution in [0.2, 0.25) is 0 Å². The Hall–Kier alpha value is -1.76. The van der Waals surface area contributed by atoms with Crippen molar-refractivity contribution >= 4 is 0 Å². The molecular weight excluding hydrogens is 208 g/mol. The summed E-state index contributed by atoms with van der Waals surface area (Å²) in [6, 6.07) is 15.5. The molecule has 0 saturated carbocycles. The predicted octanol–water partition coefficient (Wildman–Crippen LogP) is 3.66. The number of benzene rings is 2. The number of fused-ring (bicyclic) bond motifs is 2. The SMILES string of the molecule is c1ccc2c(c1)CCC2c1ccc2c(c1)CO2. The van der Waals surface area contributed by atoms with Gasteiger partial charge in [-0.3, -0.25) is 0 Å². The first kappa shape index (κ1) is 9.29. The number of hydrogen-bond acceptors (Lipinski definition) is 1. The van der Waals surface area contributed by atoms with Crippen LogP contribution in [0.3, 0.4) is 0 Å². The van der Waals surface area contributed by atoms with Crippen molar-refractivity contribution in [2.24, 2.45) is 0 Å². The predicted molar refractivity (Wildman–Crippen MR) is 67.4 cm³/mol. The van der Waals surface area contributed by atoms with Gasteiger partial charge in [-0.05, 0) is 41.7 Å². The normalized spacial score (nSPS) is 20.1. The lowest BCUT2D eigenvalue weighted by Gasteiger charge is -2.22. The zero-order valence-corrected chi connectivity index (χ0v) is 9.65. The van der Waals surface area contributed by atoms with Crippen LogP contribution in [-0.4, -0.2) is 0 Å². The molecule has 0 saturated heterocycles. The van der Waals surface area contributed by atoms with Gasteiger partial charge in [0.2, 0.25) is 0 Å². The van der Waals surface area contributed by atoms with E-state index < -0.39 is 0 Å². The Morgan fingerprint density at radius 1 is 1.00 bits per heavy atom. The molecule has 0 radical (unpaired) electrons. The molecule has 17 heavy (non-hydrogen) atoms. The highest BCUT2D eigenvalue weighted by atomic mass is 16.5. The molecule has 0 amide bonds. The van der Waals surface area contributed by atoms with Gasteiger partial charge < -0.3 is 4.74 Å². The Morgan fingerprint density at radius 3 is 2.76 bits per heavy atom. The van der Waals surface area contributed by atoms with E-state index in [1.807, 2.05) is 0 Å². The van der Waals surface area contributed by atoms with Crippen molar-refractivity contribution in [2.75, 3.05) is 0 Å². The second kappa shape index (κ2) is 3.36. The van der Waals surface area contributed by atoms with E-state index in [2.05, 4.69) is 42.5 Å². The van der Waals surface area contributed by atoms with Crippen LogP contribution in [-0.2, 0) is 13.0 Å². The molecule has 0 bridgehead atoms. The minimum absolute atomic E-state index is 0.595. The van der Waals surface area contributed by atoms with Crippen molar-refractivity contribution in [1.82, 2.24) is 0 Å². The standard InChI is InChI=1S/C16H14O/c1-2-4-14-11(3-1)5-7-15(14)12-6-8-16-13(9-12)10-17-16/h1-4,6,8-9,15H,5,7,10H2. The molecule has 1 heterocycles. The highest BCUT2D eigenvalue weighted by Gasteiger charge is 2.25. The molecule has 0 N–H and O–H groups in total. The summed E-state index contributed by atoms with van der Waals surface area (Å²) >= 11 is 0. The van der Waals surface area contributed by atoms with E-state index in [4.69, 9.17) is 4.74 Å². The summed E-state index contributed by atoms with van der Waals surface area (Å²) in [5.74, 6) is 1.66. The highest BCUT2D eigenvalue weighted by molar-refractivity contribution is 5.47. The smallest absolute Gasteiger partial charge is 0.126 e. The molecule has 1 aliphatic carbocycles. The second-order valence-corrected chi connectivity index (χ2v) is 4.95. The van der Waals surface area contributed by atoms with Gasteiger partial charge in [0.1, 0.15) is 12.4 Å². The summed E-state index contributed by atoms with van der Waals surface area (Å²) in [6.07, 6.45) is 2.47. The van der Waals surface area contributed by atoms with E-state index in [0.29, 0.717) is 5.92 Å². The van der Waals surface area contributed by atoms with Gasteiger partial charge in [0.05, 0.1) is 0 Å². The Kier molecular flexibility index (Phi) is 1.84. The van der Waals surface area contributed by atoms with E-state index in [1.54, 1.807) is 0 Å². The van der Waals surface area contributed by atoms with Crippen LogP contribution in [0, 0.1) is 0 Å². The maximum atomic E-state index is 5.36. The Morgan fingerprint density at radius 2 is 1.94 bits per heavy atom. The number of ether oxygens (including phenoxy) is 1. The molecule has 2 aliphatic rings. The van der Waals surface area contributed by atoms with Gasteiger partial charge in [0, 0.05) is 11.5 Å². The van der Waals surface area contributed by atoms with Crippen molar-refractivity contribution < 1.29 is 4.74 Å². The average molecular weight is 222 g/mol. The molecule has 0 aromatic heterocycles. The molecule has 4 rings (SSSR count). The third-order valence-electron chi connectivity index (χ3n) is 4.00. The van der Waals surface area contributed by atoms with E-state index in [-0.39, 0.29) is 0 Å². The Labute approximate surface area is 101 Å². The maximum absolute atomic E-state index is 5.36. The fourth-order valence-corrected chi connectivity index (χ4v) is 3.05. The Bertz CT molecular complexity index is 586. The molecule has 1 aliphatic heterocycles. The zero-order valence-electron chi connectivity index (χ0n) is 9.65. The van der Waals surface area contributed by atoms with Crippen LogP contribution in [0.1, 0.15) is 34.6 Å². The van der Waals surface area contributed by atoms with E-state index in [0.717, 1.165) is 12.4 Å². The van der Waals surface area contributed by atoms with Gasteiger partial charge >= 0.3 is 0 Å². The lowest BCUT2D eigenvalue weighted by Crippen LogP contribution is -2.10. The molecule has 0 spiro atoms. The maximum Gasteiger partial charge on any atom is 0.126 e. The molecule has 2 aromatic rings. The van der Waals surface area contributed by atoms with E-state index in [9.17, 15) is 0 Å². The quantitative estimate of drug-likeness (QED) is 0.715. The number of rotatable bonds is 1. The van der Waals surface area contributed by atoms with Gasteiger partial charge in [0.25, 0.3) is 0 Å². The highest BCUT2D eigenvalue weighted by Crippen LogP contribution is 2.40. The summed E-state index contributed by atoms with van der Waals surface area (Å²) in [6.45, 7) is 0.789. The van der Waals surface area contributed by atoms with E-state index >= 15 is 0 Å².